The first-order valence-corrected chi connectivity index (χ1v) is 10.5. The lowest BCUT2D eigenvalue weighted by Gasteiger charge is -2.24. The Morgan fingerprint density at radius 2 is 2.12 bits per heavy atom. The number of aliphatic carboxylic acids is 1. The third-order valence-corrected chi connectivity index (χ3v) is 5.92. The zero-order chi connectivity index (χ0) is 18.7. The molecule has 1 fully saturated rings. The van der Waals surface area contributed by atoms with E-state index in [0.717, 1.165) is 25.7 Å². The summed E-state index contributed by atoms with van der Waals surface area (Å²) >= 11 is -1.20. The van der Waals surface area contributed by atoms with Crippen molar-refractivity contribution in [1.82, 2.24) is 4.90 Å². The Labute approximate surface area is 152 Å². The molecule has 0 saturated carbocycles. The summed E-state index contributed by atoms with van der Waals surface area (Å²) in [4.78, 5) is 24.0. The van der Waals surface area contributed by atoms with E-state index in [0.29, 0.717) is 38.8 Å². The summed E-state index contributed by atoms with van der Waals surface area (Å²) < 4.78 is 17.1. The molecule has 1 saturated heterocycles. The number of carbonyl (C=O) groups is 2. The molecule has 1 amide bonds. The fourth-order valence-electron chi connectivity index (χ4n) is 2.91. The Kier molecular flexibility index (Phi) is 11.1. The van der Waals surface area contributed by atoms with Crippen molar-refractivity contribution >= 4 is 23.1 Å². The fraction of sp³-hybridized carbons (Fsp3) is 0.882. The lowest BCUT2D eigenvalue weighted by molar-refractivity contribution is -0.142. The van der Waals surface area contributed by atoms with Crippen molar-refractivity contribution in [1.29, 1.82) is 0 Å². The highest BCUT2D eigenvalue weighted by Crippen LogP contribution is 2.25. The van der Waals surface area contributed by atoms with Crippen LogP contribution in [0.5, 0.6) is 0 Å². The van der Waals surface area contributed by atoms with Crippen LogP contribution < -0.4 is 0 Å². The molecule has 0 spiro atoms. The summed E-state index contributed by atoms with van der Waals surface area (Å²) in [6.45, 7) is 2.63. The Balaban J connectivity index is 2.30. The number of amides is 1. The summed E-state index contributed by atoms with van der Waals surface area (Å²) in [6.07, 6.45) is 6.00. The van der Waals surface area contributed by atoms with Crippen LogP contribution in [0.4, 0.5) is 0 Å². The number of carbonyl (C=O) groups excluding carboxylic acids is 1. The van der Waals surface area contributed by atoms with Gasteiger partial charge >= 0.3 is 5.97 Å². The van der Waals surface area contributed by atoms with Gasteiger partial charge in [-0.05, 0) is 36.9 Å². The molecule has 7 nitrogen and oxygen atoms in total. The monoisotopic (exact) mass is 377 g/mol. The molecule has 25 heavy (non-hydrogen) atoms. The minimum atomic E-state index is -1.20. The molecule has 2 N–H and O–H groups in total. The van der Waals surface area contributed by atoms with Crippen LogP contribution in [0.2, 0.25) is 0 Å². The fourth-order valence-corrected chi connectivity index (χ4v) is 4.42. The second-order valence-electron chi connectivity index (χ2n) is 6.45. The third kappa shape index (κ3) is 8.89. The zero-order valence-electron chi connectivity index (χ0n) is 15.0. The smallest absolute Gasteiger partial charge is 0.329 e. The highest BCUT2D eigenvalue weighted by atomic mass is 32.2. The van der Waals surface area contributed by atoms with Gasteiger partial charge in [-0.1, -0.05) is 26.2 Å². The molecule has 3 unspecified atom stereocenters. The van der Waals surface area contributed by atoms with Gasteiger partial charge in [0.1, 0.15) is 6.61 Å². The Hall–Kier alpha value is -0.830. The molecule has 0 aromatic rings. The molecule has 0 bridgehead atoms. The van der Waals surface area contributed by atoms with E-state index < -0.39 is 23.2 Å². The number of ether oxygens (including phenoxy) is 1. The highest BCUT2D eigenvalue weighted by Gasteiger charge is 2.41. The van der Waals surface area contributed by atoms with E-state index in [1.54, 1.807) is 4.90 Å². The number of aliphatic hydroxyl groups is 1. The standard InChI is InChI=1S/C17H31NO6S/c1-2-3-4-7-14(19)8-9-16-18(15(20)13-25(16)23)10-5-6-11-24-12-17(21)22/h14,16,19H,2-13H2,1H3,(H,21,22). The van der Waals surface area contributed by atoms with E-state index in [9.17, 15) is 19.2 Å². The summed E-state index contributed by atoms with van der Waals surface area (Å²) in [5, 5.41) is 18.2. The number of hydrogen-bond acceptors (Lipinski definition) is 5. The van der Waals surface area contributed by atoms with E-state index >= 15 is 0 Å². The van der Waals surface area contributed by atoms with Gasteiger partial charge in [0.05, 0.1) is 6.10 Å². The number of aliphatic hydroxyl groups excluding tert-OH is 1. The van der Waals surface area contributed by atoms with Crippen molar-refractivity contribution in [3.8, 4) is 0 Å². The number of hydrogen-bond donors (Lipinski definition) is 2. The summed E-state index contributed by atoms with van der Waals surface area (Å²) in [6, 6.07) is 0. The maximum atomic E-state index is 12.2. The molecular weight excluding hydrogens is 346 g/mol. The molecular formula is C17H31NO6S. The number of unbranched alkanes of at least 4 members (excludes halogenated alkanes) is 3. The first-order valence-electron chi connectivity index (χ1n) is 9.10. The second kappa shape index (κ2) is 12.5. The molecule has 0 aliphatic carbocycles. The van der Waals surface area contributed by atoms with Crippen LogP contribution >= 0.6 is 0 Å². The van der Waals surface area contributed by atoms with E-state index in [2.05, 4.69) is 6.92 Å². The average molecular weight is 378 g/mol. The van der Waals surface area contributed by atoms with Crippen LogP contribution in [0.25, 0.3) is 0 Å². The molecule has 1 heterocycles. The third-order valence-electron chi connectivity index (χ3n) is 4.29. The number of nitrogens with zero attached hydrogens (tertiary/aromatic N) is 1. The quantitative estimate of drug-likeness (QED) is 0.351. The second-order valence-corrected chi connectivity index (χ2v) is 8.04. The lowest BCUT2D eigenvalue weighted by atomic mass is 10.1. The Bertz CT molecular complexity index is 409. The maximum Gasteiger partial charge on any atom is 0.329 e. The van der Waals surface area contributed by atoms with E-state index in [-0.39, 0.29) is 23.6 Å². The van der Waals surface area contributed by atoms with Crippen LogP contribution in [-0.2, 0) is 25.5 Å². The molecule has 3 atom stereocenters. The van der Waals surface area contributed by atoms with Crippen LogP contribution in [0.1, 0.15) is 58.3 Å². The molecule has 0 aromatic heterocycles. The van der Waals surface area contributed by atoms with Crippen LogP contribution in [0.3, 0.4) is 0 Å². The van der Waals surface area contributed by atoms with Gasteiger partial charge in [0.25, 0.3) is 5.91 Å². The molecule has 1 aliphatic rings. The number of carboxylic acid groups (broad SMARTS) is 1. The predicted molar refractivity (Wildman–Crippen MR) is 95.6 cm³/mol. The predicted octanol–water partition coefficient (Wildman–Crippen LogP) is 1.51. The molecule has 1 rings (SSSR count). The summed E-state index contributed by atoms with van der Waals surface area (Å²) in [5.41, 5.74) is 0. The molecule has 146 valence electrons. The van der Waals surface area contributed by atoms with Crippen molar-refractivity contribution in [2.75, 3.05) is 25.5 Å². The van der Waals surface area contributed by atoms with Gasteiger partial charge in [-0.15, -0.1) is 0 Å². The molecule has 0 aromatic carbocycles. The van der Waals surface area contributed by atoms with Crippen LogP contribution in [0.15, 0.2) is 0 Å². The van der Waals surface area contributed by atoms with Gasteiger partial charge in [0.15, 0.2) is 11.1 Å². The molecule has 8 heteroatoms. The van der Waals surface area contributed by atoms with Gasteiger partial charge < -0.3 is 19.5 Å². The minimum Gasteiger partial charge on any atom is -0.614 e. The largest absolute Gasteiger partial charge is 0.614 e. The first kappa shape index (κ1) is 22.2. The van der Waals surface area contributed by atoms with E-state index in [1.165, 1.54) is 0 Å². The van der Waals surface area contributed by atoms with Gasteiger partial charge in [0.2, 0.25) is 0 Å². The van der Waals surface area contributed by atoms with Crippen molar-refractivity contribution in [3.63, 3.8) is 0 Å². The highest BCUT2D eigenvalue weighted by molar-refractivity contribution is 7.93. The van der Waals surface area contributed by atoms with E-state index in [4.69, 9.17) is 9.84 Å². The topological polar surface area (TPSA) is 110 Å². The molecule has 1 aliphatic heterocycles. The number of rotatable bonds is 14. The van der Waals surface area contributed by atoms with Gasteiger partial charge in [0, 0.05) is 19.6 Å². The SMILES string of the molecule is CCCCCC(O)CCC1N(CCCCOCC(=O)O)C(=O)C[S+]1[O-]. The summed E-state index contributed by atoms with van der Waals surface area (Å²) in [5.74, 6) is -1.04. The Morgan fingerprint density at radius 3 is 2.80 bits per heavy atom. The first-order chi connectivity index (χ1) is 12.0. The Morgan fingerprint density at radius 1 is 1.36 bits per heavy atom. The van der Waals surface area contributed by atoms with Crippen molar-refractivity contribution in [2.45, 2.75) is 69.8 Å². The normalized spacial score (nSPS) is 21.7. The minimum absolute atomic E-state index is 0.0616. The zero-order valence-corrected chi connectivity index (χ0v) is 15.8. The lowest BCUT2D eigenvalue weighted by Crippen LogP contribution is -2.37. The van der Waals surface area contributed by atoms with E-state index in [1.807, 2.05) is 0 Å². The van der Waals surface area contributed by atoms with Crippen molar-refractivity contribution in [2.24, 2.45) is 0 Å². The molecule has 0 radical (unpaired) electrons. The van der Waals surface area contributed by atoms with Gasteiger partial charge in [-0.3, -0.25) is 9.69 Å². The van der Waals surface area contributed by atoms with Gasteiger partial charge in [-0.2, -0.15) is 0 Å². The maximum absolute atomic E-state index is 12.2. The van der Waals surface area contributed by atoms with Crippen molar-refractivity contribution in [3.05, 3.63) is 0 Å². The number of carboxylic acids is 1. The van der Waals surface area contributed by atoms with Crippen molar-refractivity contribution < 1.29 is 29.1 Å². The summed E-state index contributed by atoms with van der Waals surface area (Å²) in [7, 11) is 0. The van der Waals surface area contributed by atoms with Crippen LogP contribution in [-0.4, -0.2) is 68.5 Å². The van der Waals surface area contributed by atoms with Gasteiger partial charge in [-0.25, -0.2) is 4.79 Å². The van der Waals surface area contributed by atoms with Crippen LogP contribution in [0, 0.1) is 0 Å². The average Bonchev–Trinajstić information content (AvgIpc) is 2.82.